The molecule has 1 aliphatic rings. The topological polar surface area (TPSA) is 17.1 Å². The van der Waals surface area contributed by atoms with Crippen LogP contribution in [0.1, 0.15) is 63.2 Å². The molecule has 2 aromatic rings. The van der Waals surface area contributed by atoms with Gasteiger partial charge in [0.2, 0.25) is 0 Å². The molecule has 0 unspecified atom stereocenters. The van der Waals surface area contributed by atoms with Gasteiger partial charge < -0.3 is 0 Å². The Labute approximate surface area is 164 Å². The van der Waals surface area contributed by atoms with Crippen molar-refractivity contribution in [1.29, 1.82) is 0 Å². The molecule has 1 nitrogen and oxygen atoms in total. The summed E-state index contributed by atoms with van der Waals surface area (Å²) in [4.78, 5) is 13.0. The molecule has 0 aromatic heterocycles. The fraction of sp³-hybridized carbons (Fsp3) is 0.458. The van der Waals surface area contributed by atoms with E-state index in [1.807, 2.05) is 30.3 Å². The first kappa shape index (κ1) is 19.4. The van der Waals surface area contributed by atoms with E-state index in [9.17, 15) is 4.79 Å². The average Bonchev–Trinajstić information content (AvgIpc) is 2.63. The summed E-state index contributed by atoms with van der Waals surface area (Å²) in [7, 11) is 0. The summed E-state index contributed by atoms with van der Waals surface area (Å²) >= 11 is 0.335. The quantitative estimate of drug-likeness (QED) is 0.455. The van der Waals surface area contributed by atoms with Crippen molar-refractivity contribution in [2.75, 3.05) is 0 Å². The number of benzene rings is 2. The number of Topliss-reactive ketones (excluding diaryl/α,β-unsaturated/α-hetero) is 1. The number of rotatable bonds is 5. The van der Waals surface area contributed by atoms with E-state index in [0.717, 1.165) is 11.5 Å². The third-order valence-electron chi connectivity index (χ3n) is 5.78. The van der Waals surface area contributed by atoms with Crippen molar-refractivity contribution in [3.05, 3.63) is 66.2 Å². The van der Waals surface area contributed by atoms with E-state index < -0.39 is 0 Å². The van der Waals surface area contributed by atoms with E-state index in [0.29, 0.717) is 32.6 Å². The van der Waals surface area contributed by atoms with Crippen LogP contribution in [0.2, 0.25) is 4.31 Å². The summed E-state index contributed by atoms with van der Waals surface area (Å²) in [5, 5.41) is 0. The molecule has 0 saturated heterocycles. The van der Waals surface area contributed by atoms with E-state index in [-0.39, 0.29) is 4.31 Å². The summed E-state index contributed by atoms with van der Waals surface area (Å²) in [6.45, 7) is 7.09. The minimum absolute atomic E-state index is 0.170. The number of hydrogen-bond donors (Lipinski definition) is 0. The van der Waals surface area contributed by atoms with Crippen molar-refractivity contribution in [2.24, 2.45) is 11.3 Å². The molecule has 0 N–H and O–H groups in total. The van der Waals surface area contributed by atoms with E-state index in [4.69, 9.17) is 0 Å². The Kier molecular flexibility index (Phi) is 6.05. The predicted molar refractivity (Wildman–Crippen MR) is 111 cm³/mol. The van der Waals surface area contributed by atoms with Gasteiger partial charge in [-0.3, -0.25) is 0 Å². The van der Waals surface area contributed by atoms with Crippen LogP contribution in [0.15, 0.2) is 60.7 Å². The molecule has 0 aliphatic heterocycles. The zero-order valence-electron chi connectivity index (χ0n) is 16.2. The summed E-state index contributed by atoms with van der Waals surface area (Å²) < 4.78 is 1.60. The number of hydrogen-bond acceptors (Lipinski definition) is 1. The van der Waals surface area contributed by atoms with E-state index in [1.54, 1.807) is 0 Å². The van der Waals surface area contributed by atoms with Crippen LogP contribution in [0.4, 0.5) is 0 Å². The van der Waals surface area contributed by atoms with Crippen molar-refractivity contribution < 1.29 is 4.79 Å². The van der Waals surface area contributed by atoms with Crippen molar-refractivity contribution in [2.45, 2.75) is 57.2 Å². The van der Waals surface area contributed by atoms with Crippen LogP contribution in [-0.2, 0) is 0 Å². The van der Waals surface area contributed by atoms with Crippen molar-refractivity contribution in [3.8, 4) is 0 Å². The summed E-state index contributed by atoms with van der Waals surface area (Å²) in [6.07, 6.45) is 5.56. The first-order valence-corrected chi connectivity index (χ1v) is 11.4. The summed E-state index contributed by atoms with van der Waals surface area (Å²) in [6, 6.07) is 20.7. The van der Waals surface area contributed by atoms with Crippen molar-refractivity contribution >= 4 is 25.2 Å². The Hall–Kier alpha value is -1.37. The fourth-order valence-corrected chi connectivity index (χ4v) is 7.10. The number of ketones is 1. The second kappa shape index (κ2) is 8.11. The standard InChI is InChI=1S/C24H30OSe/c1-23(2,3)20-14-16-24(17-15-20,26-21-12-8-5-9-13-21)18-22(25)19-10-6-4-7-11-19/h4-13,20H,14-18H2,1-3H3. The molecule has 3 rings (SSSR count). The van der Waals surface area contributed by atoms with Gasteiger partial charge in [-0.25, -0.2) is 0 Å². The maximum absolute atomic E-state index is 13.0. The van der Waals surface area contributed by atoms with Gasteiger partial charge in [0.15, 0.2) is 0 Å². The first-order valence-electron chi connectivity index (χ1n) is 9.70. The molecule has 138 valence electrons. The second-order valence-corrected chi connectivity index (χ2v) is 11.9. The van der Waals surface area contributed by atoms with Crippen LogP contribution in [0, 0.1) is 11.3 Å². The molecule has 2 aromatic carbocycles. The molecule has 0 spiro atoms. The Morgan fingerprint density at radius 1 is 0.962 bits per heavy atom. The van der Waals surface area contributed by atoms with Gasteiger partial charge in [0.05, 0.1) is 0 Å². The third kappa shape index (κ3) is 4.87. The first-order chi connectivity index (χ1) is 12.4. The van der Waals surface area contributed by atoms with Crippen LogP contribution in [0.25, 0.3) is 0 Å². The zero-order valence-corrected chi connectivity index (χ0v) is 17.9. The number of carbonyl (C=O) groups excluding carboxylic acids is 1. The molecule has 0 bridgehead atoms. The summed E-state index contributed by atoms with van der Waals surface area (Å²) in [5.74, 6) is 1.09. The van der Waals surface area contributed by atoms with Crippen LogP contribution in [-0.4, -0.2) is 20.7 Å². The van der Waals surface area contributed by atoms with E-state index in [1.165, 1.54) is 30.1 Å². The van der Waals surface area contributed by atoms with Gasteiger partial charge in [-0.1, -0.05) is 0 Å². The van der Waals surface area contributed by atoms with Gasteiger partial charge in [0.1, 0.15) is 0 Å². The SMILES string of the molecule is CC(C)(C)C1CCC(CC(=O)c2ccccc2)([Se]c2ccccc2)CC1. The van der Waals surface area contributed by atoms with Gasteiger partial charge in [0, 0.05) is 0 Å². The van der Waals surface area contributed by atoms with E-state index >= 15 is 0 Å². The molecule has 1 aliphatic carbocycles. The van der Waals surface area contributed by atoms with Crippen LogP contribution < -0.4 is 4.46 Å². The monoisotopic (exact) mass is 414 g/mol. The average molecular weight is 413 g/mol. The zero-order chi connectivity index (χ0) is 18.6. The minimum atomic E-state index is 0.170. The molecular weight excluding hydrogens is 383 g/mol. The van der Waals surface area contributed by atoms with Crippen LogP contribution >= 0.6 is 0 Å². The van der Waals surface area contributed by atoms with Crippen molar-refractivity contribution in [3.63, 3.8) is 0 Å². The normalized spacial score (nSPS) is 23.6. The van der Waals surface area contributed by atoms with Crippen molar-refractivity contribution in [1.82, 2.24) is 0 Å². The molecular formula is C24H30OSe. The Bertz CT molecular complexity index is 707. The molecule has 0 radical (unpaired) electrons. The third-order valence-corrected chi connectivity index (χ3v) is 8.91. The van der Waals surface area contributed by atoms with Gasteiger partial charge in [-0.2, -0.15) is 0 Å². The molecule has 26 heavy (non-hydrogen) atoms. The summed E-state index contributed by atoms with van der Waals surface area (Å²) in [5.41, 5.74) is 1.24. The van der Waals surface area contributed by atoms with Gasteiger partial charge in [-0.05, 0) is 0 Å². The van der Waals surface area contributed by atoms with Crippen LogP contribution in [0.5, 0.6) is 0 Å². The fourth-order valence-electron chi connectivity index (χ4n) is 4.08. The molecule has 0 heterocycles. The molecule has 1 saturated carbocycles. The molecule has 2 heteroatoms. The number of carbonyl (C=O) groups is 1. The Balaban J connectivity index is 1.79. The predicted octanol–water partition coefficient (Wildman–Crippen LogP) is 5.68. The molecule has 1 fully saturated rings. The van der Waals surface area contributed by atoms with Gasteiger partial charge in [0.25, 0.3) is 0 Å². The Morgan fingerprint density at radius 2 is 1.50 bits per heavy atom. The molecule has 0 atom stereocenters. The maximum atomic E-state index is 13.0. The van der Waals surface area contributed by atoms with E-state index in [2.05, 4.69) is 51.1 Å². The molecule has 0 amide bonds. The van der Waals surface area contributed by atoms with Crippen LogP contribution in [0.3, 0.4) is 0 Å². The van der Waals surface area contributed by atoms with Gasteiger partial charge in [-0.15, -0.1) is 0 Å². The second-order valence-electron chi connectivity index (χ2n) is 8.70. The Morgan fingerprint density at radius 3 is 2.04 bits per heavy atom. The van der Waals surface area contributed by atoms with Gasteiger partial charge >= 0.3 is 165 Å².